The number of likely N-dealkylation sites (tertiary alicyclic amines) is 1. The number of hydrogen-bond donors (Lipinski definition) is 1. The van der Waals surface area contributed by atoms with Gasteiger partial charge >= 0.3 is 0 Å². The summed E-state index contributed by atoms with van der Waals surface area (Å²) >= 11 is 0. The third kappa shape index (κ3) is 6.23. The second-order valence-corrected chi connectivity index (χ2v) is 7.55. The molecule has 0 bridgehead atoms. The Morgan fingerprint density at radius 1 is 1.07 bits per heavy atom. The standard InChI is InChI=1S/C24H32N2O3/c1-19-8-4-5-9-23(19)29-17-14-24(27)25-18-22(26-15-6-3-7-16-26)20-10-12-21(28-2)13-11-20/h4-5,8-13,22H,3,6-7,14-18H2,1-2H3,(H,25,27)/t22-/m1/s1. The van der Waals surface area contributed by atoms with E-state index in [-0.39, 0.29) is 11.9 Å². The van der Waals surface area contributed by atoms with Gasteiger partial charge in [0.1, 0.15) is 11.5 Å². The normalized spacial score (nSPS) is 15.5. The maximum Gasteiger partial charge on any atom is 0.223 e. The summed E-state index contributed by atoms with van der Waals surface area (Å²) in [6.07, 6.45) is 4.06. The fraction of sp³-hybridized carbons (Fsp3) is 0.458. The van der Waals surface area contributed by atoms with Crippen LogP contribution < -0.4 is 14.8 Å². The lowest BCUT2D eigenvalue weighted by Gasteiger charge is -2.35. The van der Waals surface area contributed by atoms with Gasteiger partial charge in [0.15, 0.2) is 0 Å². The van der Waals surface area contributed by atoms with Crippen LogP contribution in [0.2, 0.25) is 0 Å². The molecule has 0 aromatic heterocycles. The molecule has 1 saturated heterocycles. The summed E-state index contributed by atoms with van der Waals surface area (Å²) in [5.74, 6) is 1.71. The number of benzene rings is 2. The molecule has 3 rings (SSSR count). The molecule has 0 radical (unpaired) electrons. The van der Waals surface area contributed by atoms with Gasteiger partial charge in [-0.15, -0.1) is 0 Å². The van der Waals surface area contributed by atoms with Crippen molar-refractivity contribution in [1.82, 2.24) is 10.2 Å². The molecule has 1 aliphatic rings. The molecule has 2 aromatic rings. The summed E-state index contributed by atoms with van der Waals surface area (Å²) in [4.78, 5) is 14.9. The molecule has 0 aliphatic carbocycles. The number of piperidine rings is 1. The molecule has 5 nitrogen and oxygen atoms in total. The number of nitrogens with zero attached hydrogens (tertiary/aromatic N) is 1. The third-order valence-electron chi connectivity index (χ3n) is 5.50. The predicted molar refractivity (Wildman–Crippen MR) is 115 cm³/mol. The molecule has 0 spiro atoms. The van der Waals surface area contributed by atoms with Gasteiger partial charge in [0, 0.05) is 6.54 Å². The van der Waals surface area contributed by atoms with Crippen LogP contribution in [-0.2, 0) is 4.79 Å². The number of ether oxygens (including phenoxy) is 2. The zero-order chi connectivity index (χ0) is 20.5. The molecule has 29 heavy (non-hydrogen) atoms. The Bertz CT molecular complexity index is 770. The average molecular weight is 397 g/mol. The van der Waals surface area contributed by atoms with E-state index in [1.165, 1.54) is 24.8 Å². The Kier molecular flexibility index (Phi) is 7.94. The number of rotatable bonds is 9. The summed E-state index contributed by atoms with van der Waals surface area (Å²) in [6, 6.07) is 16.2. The van der Waals surface area contributed by atoms with Crippen molar-refractivity contribution in [3.05, 3.63) is 59.7 Å². The van der Waals surface area contributed by atoms with Gasteiger partial charge in [0.2, 0.25) is 5.91 Å². The van der Waals surface area contributed by atoms with Crippen LogP contribution in [0.5, 0.6) is 11.5 Å². The number of amides is 1. The number of hydrogen-bond acceptors (Lipinski definition) is 4. The van der Waals surface area contributed by atoms with Crippen molar-refractivity contribution in [1.29, 1.82) is 0 Å². The molecule has 1 heterocycles. The molecule has 0 saturated carbocycles. The number of para-hydroxylation sites is 1. The van der Waals surface area contributed by atoms with Crippen molar-refractivity contribution in [3.63, 3.8) is 0 Å². The maximum atomic E-state index is 12.4. The lowest BCUT2D eigenvalue weighted by molar-refractivity contribution is -0.121. The third-order valence-corrected chi connectivity index (χ3v) is 5.50. The highest BCUT2D eigenvalue weighted by Gasteiger charge is 2.23. The molecule has 1 fully saturated rings. The summed E-state index contributed by atoms with van der Waals surface area (Å²) < 4.78 is 11.0. The van der Waals surface area contributed by atoms with Gasteiger partial charge in [0.25, 0.3) is 0 Å². The minimum atomic E-state index is 0.0223. The van der Waals surface area contributed by atoms with E-state index in [9.17, 15) is 4.79 Å². The monoisotopic (exact) mass is 396 g/mol. The highest BCUT2D eigenvalue weighted by Crippen LogP contribution is 2.26. The highest BCUT2D eigenvalue weighted by molar-refractivity contribution is 5.76. The quantitative estimate of drug-likeness (QED) is 0.693. The van der Waals surface area contributed by atoms with Crippen LogP contribution in [0.25, 0.3) is 0 Å². The molecule has 156 valence electrons. The Hall–Kier alpha value is -2.53. The molecule has 1 amide bonds. The molecular formula is C24H32N2O3. The molecule has 1 N–H and O–H groups in total. The van der Waals surface area contributed by atoms with Crippen molar-refractivity contribution in [3.8, 4) is 11.5 Å². The van der Waals surface area contributed by atoms with Crippen molar-refractivity contribution in [2.24, 2.45) is 0 Å². The molecule has 2 aromatic carbocycles. The van der Waals surface area contributed by atoms with E-state index < -0.39 is 0 Å². The second-order valence-electron chi connectivity index (χ2n) is 7.55. The minimum absolute atomic E-state index is 0.0223. The van der Waals surface area contributed by atoms with Gasteiger partial charge in [-0.1, -0.05) is 36.8 Å². The average Bonchev–Trinajstić information content (AvgIpc) is 2.76. The van der Waals surface area contributed by atoms with E-state index in [0.717, 1.165) is 30.2 Å². The highest BCUT2D eigenvalue weighted by atomic mass is 16.5. The van der Waals surface area contributed by atoms with Crippen molar-refractivity contribution in [2.45, 2.75) is 38.6 Å². The lowest BCUT2D eigenvalue weighted by atomic mass is 10.0. The van der Waals surface area contributed by atoms with Crippen LogP contribution in [0.4, 0.5) is 0 Å². The molecular weight excluding hydrogens is 364 g/mol. The summed E-state index contributed by atoms with van der Waals surface area (Å²) in [7, 11) is 1.68. The second kappa shape index (κ2) is 10.9. The van der Waals surface area contributed by atoms with Crippen LogP contribution in [0, 0.1) is 6.92 Å². The topological polar surface area (TPSA) is 50.8 Å². The van der Waals surface area contributed by atoms with Crippen molar-refractivity contribution < 1.29 is 14.3 Å². The zero-order valence-electron chi connectivity index (χ0n) is 17.5. The van der Waals surface area contributed by atoms with Crippen LogP contribution in [0.1, 0.15) is 42.9 Å². The zero-order valence-corrected chi connectivity index (χ0v) is 17.5. The number of nitrogens with one attached hydrogen (secondary N) is 1. The summed E-state index contributed by atoms with van der Waals surface area (Å²) in [5.41, 5.74) is 2.29. The Labute approximate surface area is 174 Å². The lowest BCUT2D eigenvalue weighted by Crippen LogP contribution is -2.40. The Morgan fingerprint density at radius 3 is 2.48 bits per heavy atom. The number of carbonyl (C=O) groups excluding carboxylic acids is 1. The van der Waals surface area contributed by atoms with Gasteiger partial charge in [-0.05, 0) is 62.2 Å². The largest absolute Gasteiger partial charge is 0.497 e. The first kappa shape index (κ1) is 21.2. The Morgan fingerprint density at radius 2 is 1.79 bits per heavy atom. The molecule has 0 unspecified atom stereocenters. The first-order valence-electron chi connectivity index (χ1n) is 10.5. The number of methoxy groups -OCH3 is 1. The first-order chi connectivity index (χ1) is 14.2. The predicted octanol–water partition coefficient (Wildman–Crippen LogP) is 4.12. The van der Waals surface area contributed by atoms with E-state index in [1.54, 1.807) is 7.11 Å². The van der Waals surface area contributed by atoms with Crippen LogP contribution in [0.15, 0.2) is 48.5 Å². The van der Waals surface area contributed by atoms with E-state index in [4.69, 9.17) is 9.47 Å². The van der Waals surface area contributed by atoms with E-state index in [1.807, 2.05) is 43.3 Å². The van der Waals surface area contributed by atoms with Gasteiger partial charge in [-0.3, -0.25) is 9.69 Å². The molecule has 1 atom stereocenters. The van der Waals surface area contributed by atoms with E-state index in [2.05, 4.69) is 22.3 Å². The van der Waals surface area contributed by atoms with Crippen LogP contribution >= 0.6 is 0 Å². The van der Waals surface area contributed by atoms with Gasteiger partial charge in [-0.2, -0.15) is 0 Å². The van der Waals surface area contributed by atoms with E-state index in [0.29, 0.717) is 19.6 Å². The summed E-state index contributed by atoms with van der Waals surface area (Å²) in [6.45, 7) is 5.14. The molecule has 5 heteroatoms. The fourth-order valence-corrected chi connectivity index (χ4v) is 3.78. The number of carbonyl (C=O) groups is 1. The van der Waals surface area contributed by atoms with Gasteiger partial charge in [0.05, 0.1) is 26.2 Å². The summed E-state index contributed by atoms with van der Waals surface area (Å²) in [5, 5.41) is 3.12. The van der Waals surface area contributed by atoms with Gasteiger partial charge in [-0.25, -0.2) is 0 Å². The van der Waals surface area contributed by atoms with E-state index >= 15 is 0 Å². The van der Waals surface area contributed by atoms with Crippen molar-refractivity contribution >= 4 is 5.91 Å². The van der Waals surface area contributed by atoms with Crippen LogP contribution in [0.3, 0.4) is 0 Å². The van der Waals surface area contributed by atoms with Crippen molar-refractivity contribution in [2.75, 3.05) is 33.4 Å². The van der Waals surface area contributed by atoms with Crippen LogP contribution in [-0.4, -0.2) is 44.2 Å². The smallest absolute Gasteiger partial charge is 0.223 e. The molecule has 1 aliphatic heterocycles. The minimum Gasteiger partial charge on any atom is -0.497 e. The maximum absolute atomic E-state index is 12.4. The van der Waals surface area contributed by atoms with Gasteiger partial charge < -0.3 is 14.8 Å². The Balaban J connectivity index is 1.54. The number of aryl methyl sites for hydroxylation is 1. The fourth-order valence-electron chi connectivity index (χ4n) is 3.78. The first-order valence-corrected chi connectivity index (χ1v) is 10.5. The SMILES string of the molecule is COc1ccc([C@@H](CNC(=O)CCOc2ccccc2C)N2CCCCC2)cc1.